The van der Waals surface area contributed by atoms with Crippen LogP contribution in [0.2, 0.25) is 0 Å². The number of hydrogen-bond donors (Lipinski definition) is 0. The van der Waals surface area contributed by atoms with E-state index < -0.39 is 6.10 Å². The third kappa shape index (κ3) is 64.1. The molecular formula is C71H130O6. The molecule has 6 heteroatoms. The van der Waals surface area contributed by atoms with Crippen molar-refractivity contribution in [3.05, 3.63) is 48.6 Å². The summed E-state index contributed by atoms with van der Waals surface area (Å²) in [5, 5.41) is 0. The van der Waals surface area contributed by atoms with Gasteiger partial charge in [0.05, 0.1) is 0 Å². The maximum atomic E-state index is 12.9. The van der Waals surface area contributed by atoms with E-state index in [2.05, 4.69) is 69.4 Å². The second-order valence-electron chi connectivity index (χ2n) is 23.1. The van der Waals surface area contributed by atoms with Crippen molar-refractivity contribution < 1.29 is 28.6 Å². The molecule has 6 nitrogen and oxygen atoms in total. The Kier molecular flexibility index (Phi) is 63.6. The lowest BCUT2D eigenvalue weighted by Crippen LogP contribution is -2.30. The molecular weight excluding hydrogens is 949 g/mol. The van der Waals surface area contributed by atoms with Crippen LogP contribution in [0.15, 0.2) is 48.6 Å². The highest BCUT2D eigenvalue weighted by Crippen LogP contribution is 2.18. The molecule has 0 bridgehead atoms. The Hall–Kier alpha value is -2.63. The zero-order chi connectivity index (χ0) is 55.7. The van der Waals surface area contributed by atoms with Gasteiger partial charge in [-0.1, -0.05) is 320 Å². The van der Waals surface area contributed by atoms with Crippen LogP contribution < -0.4 is 0 Å². The zero-order valence-corrected chi connectivity index (χ0v) is 51.7. The summed E-state index contributed by atoms with van der Waals surface area (Å²) in [4.78, 5) is 38.4. The van der Waals surface area contributed by atoms with Crippen molar-refractivity contribution in [1.29, 1.82) is 0 Å². The first-order valence-corrected chi connectivity index (χ1v) is 34.1. The van der Waals surface area contributed by atoms with E-state index >= 15 is 0 Å². The van der Waals surface area contributed by atoms with Gasteiger partial charge in [-0.3, -0.25) is 14.4 Å². The molecule has 0 amide bonds. The third-order valence-corrected chi connectivity index (χ3v) is 15.3. The Morgan fingerprint density at radius 3 is 0.805 bits per heavy atom. The summed E-state index contributed by atoms with van der Waals surface area (Å²) in [6.45, 7) is 6.58. The van der Waals surface area contributed by atoms with Gasteiger partial charge in [-0.25, -0.2) is 0 Å². The zero-order valence-electron chi connectivity index (χ0n) is 51.7. The number of unbranched alkanes of at least 4 members (excludes halogenated alkanes) is 44. The number of esters is 3. The maximum absolute atomic E-state index is 12.9. The highest BCUT2D eigenvalue weighted by Gasteiger charge is 2.19. The summed E-state index contributed by atoms with van der Waals surface area (Å²) in [6.07, 6.45) is 82.8. The van der Waals surface area contributed by atoms with Gasteiger partial charge in [0.1, 0.15) is 13.2 Å². The second kappa shape index (κ2) is 65.9. The average Bonchev–Trinajstić information content (AvgIpc) is 3.43. The lowest BCUT2D eigenvalue weighted by molar-refractivity contribution is -0.167. The fourth-order valence-electron chi connectivity index (χ4n) is 10.2. The van der Waals surface area contributed by atoms with Gasteiger partial charge in [-0.2, -0.15) is 0 Å². The second-order valence-corrected chi connectivity index (χ2v) is 23.1. The molecule has 0 aromatic carbocycles. The Morgan fingerprint density at radius 1 is 0.273 bits per heavy atom. The van der Waals surface area contributed by atoms with Crippen LogP contribution in [0.3, 0.4) is 0 Å². The monoisotopic (exact) mass is 1080 g/mol. The molecule has 450 valence electrons. The van der Waals surface area contributed by atoms with Gasteiger partial charge in [-0.15, -0.1) is 0 Å². The van der Waals surface area contributed by atoms with Crippen LogP contribution in [-0.2, 0) is 28.6 Å². The molecule has 0 rings (SSSR count). The van der Waals surface area contributed by atoms with Gasteiger partial charge in [0.15, 0.2) is 6.10 Å². The van der Waals surface area contributed by atoms with Gasteiger partial charge in [0, 0.05) is 19.3 Å². The quantitative estimate of drug-likeness (QED) is 0.0261. The van der Waals surface area contributed by atoms with E-state index in [0.717, 1.165) is 96.3 Å². The summed E-state index contributed by atoms with van der Waals surface area (Å²) in [6, 6.07) is 0. The highest BCUT2D eigenvalue weighted by molar-refractivity contribution is 5.71. The molecule has 0 heterocycles. The third-order valence-electron chi connectivity index (χ3n) is 15.3. The minimum absolute atomic E-state index is 0.0751. The molecule has 0 N–H and O–H groups in total. The van der Waals surface area contributed by atoms with E-state index in [1.165, 1.54) is 231 Å². The standard InChI is InChI=1S/C71H130O6/c1-4-7-10-13-16-19-22-25-28-30-32-34-35-37-38-40-43-46-49-52-55-58-61-64-70(73)76-67-68(66-75-69(72)63-60-57-54-51-48-45-42-27-24-21-18-15-12-9-6-3)77-71(74)65-62-59-56-53-50-47-44-41-39-36-33-31-29-26-23-20-17-14-11-8-5-2/h9,12,18,21,27,30,32,42,68H,4-8,10-11,13-17,19-20,22-26,28-29,31,33-41,43-67H2,1-3H3/b12-9-,21-18-,32-30-,42-27-. The molecule has 0 saturated carbocycles. The van der Waals surface area contributed by atoms with E-state index in [4.69, 9.17) is 14.2 Å². The first kappa shape index (κ1) is 74.4. The molecule has 1 unspecified atom stereocenters. The Bertz CT molecular complexity index is 1330. The van der Waals surface area contributed by atoms with E-state index in [-0.39, 0.29) is 31.1 Å². The molecule has 1 atom stereocenters. The van der Waals surface area contributed by atoms with E-state index in [1.807, 2.05) is 0 Å². The number of allylic oxidation sites excluding steroid dienone is 8. The number of hydrogen-bond acceptors (Lipinski definition) is 6. The number of ether oxygens (including phenoxy) is 3. The average molecular weight is 1080 g/mol. The van der Waals surface area contributed by atoms with Crippen LogP contribution in [0.1, 0.15) is 367 Å². The number of carbonyl (C=O) groups is 3. The fourth-order valence-corrected chi connectivity index (χ4v) is 10.2. The van der Waals surface area contributed by atoms with Crippen LogP contribution >= 0.6 is 0 Å². The predicted molar refractivity (Wildman–Crippen MR) is 335 cm³/mol. The molecule has 0 aromatic rings. The van der Waals surface area contributed by atoms with Crippen molar-refractivity contribution in [2.24, 2.45) is 0 Å². The summed E-state index contributed by atoms with van der Waals surface area (Å²) < 4.78 is 17.0. The summed E-state index contributed by atoms with van der Waals surface area (Å²) in [5.41, 5.74) is 0. The minimum Gasteiger partial charge on any atom is -0.462 e. The molecule has 0 aliphatic heterocycles. The van der Waals surface area contributed by atoms with Gasteiger partial charge in [0.2, 0.25) is 0 Å². The van der Waals surface area contributed by atoms with Crippen LogP contribution in [-0.4, -0.2) is 37.2 Å². The van der Waals surface area contributed by atoms with Crippen molar-refractivity contribution in [3.8, 4) is 0 Å². The van der Waals surface area contributed by atoms with Crippen molar-refractivity contribution in [1.82, 2.24) is 0 Å². The number of carbonyl (C=O) groups excluding carboxylic acids is 3. The molecule has 77 heavy (non-hydrogen) atoms. The number of rotatable bonds is 63. The van der Waals surface area contributed by atoms with E-state index in [1.54, 1.807) is 0 Å². The maximum Gasteiger partial charge on any atom is 0.306 e. The van der Waals surface area contributed by atoms with Crippen LogP contribution in [0.4, 0.5) is 0 Å². The summed E-state index contributed by atoms with van der Waals surface area (Å²) in [7, 11) is 0. The predicted octanol–water partition coefficient (Wildman–Crippen LogP) is 23.3. The van der Waals surface area contributed by atoms with Gasteiger partial charge >= 0.3 is 17.9 Å². The molecule has 0 aliphatic carbocycles. The van der Waals surface area contributed by atoms with Crippen LogP contribution in [0.25, 0.3) is 0 Å². The Labute approximate surface area is 479 Å². The molecule has 0 fully saturated rings. The van der Waals surface area contributed by atoms with Crippen molar-refractivity contribution in [2.75, 3.05) is 13.2 Å². The van der Waals surface area contributed by atoms with Gasteiger partial charge in [-0.05, 0) is 77.0 Å². The molecule has 0 aromatic heterocycles. The van der Waals surface area contributed by atoms with Crippen LogP contribution in [0, 0.1) is 0 Å². The van der Waals surface area contributed by atoms with Gasteiger partial charge < -0.3 is 14.2 Å². The lowest BCUT2D eigenvalue weighted by Gasteiger charge is -2.18. The van der Waals surface area contributed by atoms with Crippen molar-refractivity contribution in [3.63, 3.8) is 0 Å². The largest absolute Gasteiger partial charge is 0.462 e. The summed E-state index contributed by atoms with van der Waals surface area (Å²) in [5.74, 6) is -0.868. The van der Waals surface area contributed by atoms with E-state index in [0.29, 0.717) is 19.3 Å². The Morgan fingerprint density at radius 2 is 0.506 bits per heavy atom. The smallest absolute Gasteiger partial charge is 0.306 e. The van der Waals surface area contributed by atoms with Gasteiger partial charge in [0.25, 0.3) is 0 Å². The Balaban J connectivity index is 4.30. The van der Waals surface area contributed by atoms with Crippen molar-refractivity contribution >= 4 is 17.9 Å². The SMILES string of the molecule is CC/C=C\C/C=C\C/C=C\CCCCCCCC(=O)OCC(COC(=O)CCCCCCCCCCCCC/C=C\CCCCCCCCCC)OC(=O)CCCCCCCCCCCCCCCCCCCCCCC. The molecule has 0 spiro atoms. The highest BCUT2D eigenvalue weighted by atomic mass is 16.6. The first-order chi connectivity index (χ1) is 38.0. The van der Waals surface area contributed by atoms with Crippen molar-refractivity contribution in [2.45, 2.75) is 374 Å². The van der Waals surface area contributed by atoms with Crippen LogP contribution in [0.5, 0.6) is 0 Å². The lowest BCUT2D eigenvalue weighted by atomic mass is 10.0. The molecule has 0 aliphatic rings. The summed E-state index contributed by atoms with van der Waals surface area (Å²) >= 11 is 0. The normalized spacial score (nSPS) is 12.3. The molecule has 0 saturated heterocycles. The fraction of sp³-hybridized carbons (Fsp3) is 0.845. The first-order valence-electron chi connectivity index (χ1n) is 34.1. The minimum atomic E-state index is -0.780. The molecule has 0 radical (unpaired) electrons. The van der Waals surface area contributed by atoms with E-state index in [9.17, 15) is 14.4 Å². The topological polar surface area (TPSA) is 78.9 Å².